The van der Waals surface area contributed by atoms with Crippen molar-refractivity contribution in [3.05, 3.63) is 51.5 Å². The molecule has 0 bridgehead atoms. The molecule has 86 valence electrons. The Balaban J connectivity index is 2.20. The summed E-state index contributed by atoms with van der Waals surface area (Å²) in [6.07, 6.45) is 2.77. The van der Waals surface area contributed by atoms with Gasteiger partial charge in [0.25, 0.3) is 5.91 Å². The number of carbonyl (C=O) groups excluding carboxylic acids is 1. The zero-order valence-corrected chi connectivity index (χ0v) is 9.23. The summed E-state index contributed by atoms with van der Waals surface area (Å²) in [4.78, 5) is 25.7. The molecule has 17 heavy (non-hydrogen) atoms. The minimum Gasteiger partial charge on any atom is -0.367 e. The van der Waals surface area contributed by atoms with Crippen molar-refractivity contribution in [1.82, 2.24) is 15.2 Å². The molecular weight excluding hydrogens is 244 g/mol. The molecule has 0 aromatic carbocycles. The number of carbonyl (C=O) groups is 1. The molecule has 2 aromatic heterocycles. The molecule has 0 aliphatic heterocycles. The maximum atomic E-state index is 11.7. The number of hydrogen-bond donors (Lipinski definition) is 2. The summed E-state index contributed by atoms with van der Waals surface area (Å²) in [7, 11) is 0. The molecule has 0 radical (unpaired) electrons. The number of rotatable bonds is 2. The van der Waals surface area contributed by atoms with Gasteiger partial charge in [-0.1, -0.05) is 11.6 Å². The normalized spacial score (nSPS) is 9.94. The molecule has 0 atom stereocenters. The maximum absolute atomic E-state index is 11.7. The van der Waals surface area contributed by atoms with Crippen LogP contribution in [0.5, 0.6) is 0 Å². The van der Waals surface area contributed by atoms with Crippen LogP contribution in [0.15, 0.2) is 35.4 Å². The van der Waals surface area contributed by atoms with Gasteiger partial charge in [-0.05, 0) is 12.1 Å². The Hall–Kier alpha value is -2.21. The zero-order valence-electron chi connectivity index (χ0n) is 8.48. The Morgan fingerprint density at radius 1 is 1.29 bits per heavy atom. The van der Waals surface area contributed by atoms with Crippen molar-refractivity contribution in [1.29, 1.82) is 0 Å². The van der Waals surface area contributed by atoms with Gasteiger partial charge in [-0.2, -0.15) is 0 Å². The molecule has 0 fully saturated rings. The summed E-state index contributed by atoms with van der Waals surface area (Å²) < 4.78 is 0. The quantitative estimate of drug-likeness (QED) is 0.835. The highest BCUT2D eigenvalue weighted by molar-refractivity contribution is 6.29. The lowest BCUT2D eigenvalue weighted by molar-refractivity contribution is 0.102. The molecule has 2 heterocycles. The van der Waals surface area contributed by atoms with Crippen molar-refractivity contribution in [3.63, 3.8) is 0 Å². The molecule has 6 nitrogen and oxygen atoms in total. The van der Waals surface area contributed by atoms with Crippen LogP contribution in [0.1, 0.15) is 10.4 Å². The third kappa shape index (κ3) is 2.67. The lowest BCUT2D eigenvalue weighted by atomic mass is 10.2. The van der Waals surface area contributed by atoms with Crippen molar-refractivity contribution in [3.8, 4) is 0 Å². The molecule has 0 saturated carbocycles. The van der Waals surface area contributed by atoms with Crippen LogP contribution < -0.4 is 10.7 Å². The molecular formula is C10H7ClN4O2. The lowest BCUT2D eigenvalue weighted by Crippen LogP contribution is -2.21. The van der Waals surface area contributed by atoms with Crippen molar-refractivity contribution in [2.45, 2.75) is 0 Å². The van der Waals surface area contributed by atoms with Crippen molar-refractivity contribution in [2.75, 3.05) is 5.32 Å². The van der Waals surface area contributed by atoms with Gasteiger partial charge in [0.15, 0.2) is 16.4 Å². The van der Waals surface area contributed by atoms with Gasteiger partial charge < -0.3 is 10.3 Å². The van der Waals surface area contributed by atoms with Gasteiger partial charge in [-0.3, -0.25) is 9.59 Å². The number of amides is 1. The first kappa shape index (κ1) is 11.3. The first-order valence-corrected chi connectivity index (χ1v) is 5.02. The minimum atomic E-state index is -0.552. The predicted molar refractivity (Wildman–Crippen MR) is 62.1 cm³/mol. The standard InChI is InChI=1S/C10H7ClN4O2/c11-8-1-2-9(15-14-8)13-10(17)6-5-12-4-3-7(6)16/h1-5H,(H,12,16)(H,13,15,17). The topological polar surface area (TPSA) is 87.7 Å². The second kappa shape index (κ2) is 4.75. The molecule has 2 N–H and O–H groups in total. The molecule has 1 amide bonds. The van der Waals surface area contributed by atoms with Crippen LogP contribution in [0.2, 0.25) is 5.15 Å². The largest absolute Gasteiger partial charge is 0.367 e. The first-order valence-electron chi connectivity index (χ1n) is 4.64. The third-order valence-corrected chi connectivity index (χ3v) is 2.14. The summed E-state index contributed by atoms with van der Waals surface area (Å²) in [5.74, 6) is -0.328. The summed E-state index contributed by atoms with van der Waals surface area (Å²) in [6.45, 7) is 0. The van der Waals surface area contributed by atoms with E-state index >= 15 is 0 Å². The number of hydrogen-bond acceptors (Lipinski definition) is 4. The predicted octanol–water partition coefficient (Wildman–Crippen LogP) is 1.07. The van der Waals surface area contributed by atoms with E-state index in [0.717, 1.165) is 0 Å². The van der Waals surface area contributed by atoms with E-state index in [1.165, 1.54) is 30.6 Å². The second-order valence-electron chi connectivity index (χ2n) is 3.12. The van der Waals surface area contributed by atoms with E-state index in [4.69, 9.17) is 11.6 Å². The smallest absolute Gasteiger partial charge is 0.262 e. The molecule has 2 aromatic rings. The summed E-state index contributed by atoms with van der Waals surface area (Å²) in [5.41, 5.74) is -0.368. The van der Waals surface area contributed by atoms with Gasteiger partial charge >= 0.3 is 0 Å². The van der Waals surface area contributed by atoms with E-state index in [-0.39, 0.29) is 22.0 Å². The number of nitrogens with zero attached hydrogens (tertiary/aromatic N) is 2. The van der Waals surface area contributed by atoms with Crippen LogP contribution in [0.4, 0.5) is 5.82 Å². The number of nitrogens with one attached hydrogen (secondary N) is 2. The van der Waals surface area contributed by atoms with Gasteiger partial charge in [0.05, 0.1) is 0 Å². The number of anilines is 1. The highest BCUT2D eigenvalue weighted by atomic mass is 35.5. The number of pyridine rings is 1. The molecule has 0 aliphatic carbocycles. The molecule has 0 spiro atoms. The van der Waals surface area contributed by atoms with E-state index in [0.29, 0.717) is 0 Å². The van der Waals surface area contributed by atoms with Crippen molar-refractivity contribution < 1.29 is 4.79 Å². The van der Waals surface area contributed by atoms with Gasteiger partial charge in [0.1, 0.15) is 5.56 Å². The van der Waals surface area contributed by atoms with E-state index in [1.54, 1.807) is 0 Å². The summed E-state index contributed by atoms with van der Waals surface area (Å²) in [6, 6.07) is 4.24. The molecule has 0 aliphatic rings. The van der Waals surface area contributed by atoms with Crippen LogP contribution in [0, 0.1) is 0 Å². The van der Waals surface area contributed by atoms with Crippen LogP contribution in [0.25, 0.3) is 0 Å². The van der Waals surface area contributed by atoms with Crippen molar-refractivity contribution in [2.24, 2.45) is 0 Å². The fraction of sp³-hybridized carbons (Fsp3) is 0. The fourth-order valence-corrected chi connectivity index (χ4v) is 1.26. The number of H-pyrrole nitrogens is 1. The highest BCUT2D eigenvalue weighted by Crippen LogP contribution is 2.06. The Bertz CT molecular complexity index is 594. The summed E-state index contributed by atoms with van der Waals surface area (Å²) >= 11 is 5.55. The van der Waals surface area contributed by atoms with Crippen LogP contribution in [0.3, 0.4) is 0 Å². The van der Waals surface area contributed by atoms with E-state index < -0.39 is 5.91 Å². The molecule has 0 saturated heterocycles. The Labute approximate surface area is 101 Å². The molecule has 7 heteroatoms. The van der Waals surface area contributed by atoms with Gasteiger partial charge in [-0.25, -0.2) is 0 Å². The van der Waals surface area contributed by atoms with E-state index in [9.17, 15) is 9.59 Å². The average molecular weight is 251 g/mol. The van der Waals surface area contributed by atoms with Crippen LogP contribution >= 0.6 is 11.6 Å². The number of aromatic amines is 1. The molecule has 2 rings (SSSR count). The monoisotopic (exact) mass is 250 g/mol. The zero-order chi connectivity index (χ0) is 12.3. The second-order valence-corrected chi connectivity index (χ2v) is 3.50. The van der Waals surface area contributed by atoms with Gasteiger partial charge in [0.2, 0.25) is 0 Å². The average Bonchev–Trinajstić information content (AvgIpc) is 2.32. The van der Waals surface area contributed by atoms with Gasteiger partial charge in [-0.15, -0.1) is 10.2 Å². The summed E-state index contributed by atoms with van der Waals surface area (Å²) in [5, 5.41) is 9.87. The Morgan fingerprint density at radius 2 is 2.12 bits per heavy atom. The van der Waals surface area contributed by atoms with Crippen molar-refractivity contribution >= 4 is 23.3 Å². The minimum absolute atomic E-state index is 0.00394. The van der Waals surface area contributed by atoms with Crippen LogP contribution in [-0.4, -0.2) is 21.1 Å². The van der Waals surface area contributed by atoms with E-state index in [1.807, 2.05) is 0 Å². The van der Waals surface area contributed by atoms with E-state index in [2.05, 4.69) is 20.5 Å². The Kier molecular flexibility index (Phi) is 3.15. The molecule has 0 unspecified atom stereocenters. The Morgan fingerprint density at radius 3 is 2.76 bits per heavy atom. The number of halogens is 1. The van der Waals surface area contributed by atoms with Gasteiger partial charge in [0, 0.05) is 18.5 Å². The highest BCUT2D eigenvalue weighted by Gasteiger charge is 2.10. The lowest BCUT2D eigenvalue weighted by Gasteiger charge is -2.02. The maximum Gasteiger partial charge on any atom is 0.262 e. The van der Waals surface area contributed by atoms with Crippen LogP contribution in [-0.2, 0) is 0 Å². The number of aromatic nitrogens is 3. The third-order valence-electron chi connectivity index (χ3n) is 1.94. The first-order chi connectivity index (χ1) is 8.16. The fourth-order valence-electron chi connectivity index (χ4n) is 1.16. The SMILES string of the molecule is O=C(Nc1ccc(Cl)nn1)c1c[nH]ccc1=O.